The van der Waals surface area contributed by atoms with Gasteiger partial charge in [0.1, 0.15) is 12.2 Å². The number of aliphatic hydroxyl groups is 2. The molecule has 0 bridgehead atoms. The molecule has 5 rings (SSSR count). The Morgan fingerprint density at radius 3 is 0.900 bits per heavy atom. The van der Waals surface area contributed by atoms with E-state index in [2.05, 4.69) is 0 Å². The van der Waals surface area contributed by atoms with E-state index in [9.17, 15) is 10.2 Å². The van der Waals surface area contributed by atoms with Gasteiger partial charge in [-0.1, -0.05) is 133 Å². The van der Waals surface area contributed by atoms with E-state index in [0.29, 0.717) is 37.9 Å². The normalized spacial score (nSPS) is 13.6. The molecule has 0 saturated heterocycles. The van der Waals surface area contributed by atoms with E-state index in [-0.39, 0.29) is 26.4 Å². The van der Waals surface area contributed by atoms with Crippen molar-refractivity contribution in [2.75, 3.05) is 26.4 Å². The molecule has 0 spiro atoms. The zero-order valence-electron chi connectivity index (χ0n) is 28.2. The Morgan fingerprint density at radius 2 is 0.600 bits per heavy atom. The van der Waals surface area contributed by atoms with Crippen molar-refractivity contribution in [3.8, 4) is 11.5 Å². The summed E-state index contributed by atoms with van der Waals surface area (Å²) in [6.07, 6.45) is -3.59. The molecular formula is C42H46O8. The lowest BCUT2D eigenvalue weighted by Crippen LogP contribution is -2.40. The Labute approximate surface area is 294 Å². The molecule has 0 unspecified atom stereocenters. The maximum absolute atomic E-state index is 11.3. The summed E-state index contributed by atoms with van der Waals surface area (Å²) in [4.78, 5) is 0. The maximum Gasteiger partial charge on any atom is 0.161 e. The van der Waals surface area contributed by atoms with Gasteiger partial charge in [0.05, 0.1) is 52.9 Å². The van der Waals surface area contributed by atoms with Crippen LogP contribution >= 0.6 is 0 Å². The van der Waals surface area contributed by atoms with E-state index in [4.69, 9.17) is 28.4 Å². The Bertz CT molecular complexity index is 1480. The fraction of sp³-hybridized carbons (Fsp3) is 0.286. The van der Waals surface area contributed by atoms with Gasteiger partial charge in [0, 0.05) is 0 Å². The highest BCUT2D eigenvalue weighted by molar-refractivity contribution is 5.40. The van der Waals surface area contributed by atoms with Crippen molar-refractivity contribution in [2.24, 2.45) is 0 Å². The highest BCUT2D eigenvalue weighted by Gasteiger charge is 2.27. The average Bonchev–Trinajstić information content (AvgIpc) is 3.16. The minimum Gasteiger partial charge on any atom is -0.481 e. The van der Waals surface area contributed by atoms with Crippen LogP contribution in [0.25, 0.3) is 0 Å². The summed E-state index contributed by atoms with van der Waals surface area (Å²) in [5.41, 5.74) is 4.02. The average molecular weight is 679 g/mol. The minimum atomic E-state index is -1.01. The second kappa shape index (κ2) is 20.9. The molecule has 8 heteroatoms. The fourth-order valence-electron chi connectivity index (χ4n) is 5.11. The lowest BCUT2D eigenvalue weighted by atomic mass is 10.2. The van der Waals surface area contributed by atoms with Gasteiger partial charge in [0.15, 0.2) is 23.7 Å². The van der Waals surface area contributed by atoms with Crippen LogP contribution < -0.4 is 9.47 Å². The van der Waals surface area contributed by atoms with Crippen LogP contribution in [0.5, 0.6) is 11.5 Å². The van der Waals surface area contributed by atoms with E-state index < -0.39 is 24.4 Å². The largest absolute Gasteiger partial charge is 0.481 e. The molecular weight excluding hydrogens is 632 g/mol. The third-order valence-electron chi connectivity index (χ3n) is 7.85. The van der Waals surface area contributed by atoms with Crippen molar-refractivity contribution in [1.29, 1.82) is 0 Å². The van der Waals surface area contributed by atoms with Gasteiger partial charge in [-0.25, -0.2) is 0 Å². The third kappa shape index (κ3) is 12.7. The van der Waals surface area contributed by atoms with Gasteiger partial charge < -0.3 is 38.6 Å². The fourth-order valence-corrected chi connectivity index (χ4v) is 5.11. The smallest absolute Gasteiger partial charge is 0.161 e. The molecule has 0 aliphatic carbocycles. The van der Waals surface area contributed by atoms with Crippen molar-refractivity contribution < 1.29 is 38.6 Å². The standard InChI is InChI=1S/C42H46O8/c43-37(29-45-25-33-15-5-1-6-16-33)41(31-47-27-35-19-9-3-10-20-35)49-39-23-13-14-24-40(39)50-42(32-48-28-36-21-11-4-12-22-36)38(44)30-46-26-34-17-7-2-8-18-34/h1-24,37-38,41-44H,25-32H2/t37-,38-,41+,42+/m0/s1. The first kappa shape index (κ1) is 36.7. The zero-order valence-corrected chi connectivity index (χ0v) is 28.2. The molecule has 0 heterocycles. The van der Waals surface area contributed by atoms with E-state index in [1.165, 1.54) is 0 Å². The molecule has 0 saturated carbocycles. The van der Waals surface area contributed by atoms with E-state index in [1.54, 1.807) is 12.1 Å². The van der Waals surface area contributed by atoms with Crippen molar-refractivity contribution in [3.05, 3.63) is 168 Å². The Kier molecular flexibility index (Phi) is 15.3. The summed E-state index contributed by atoms with van der Waals surface area (Å²) in [7, 11) is 0. The number of hydrogen-bond acceptors (Lipinski definition) is 8. The van der Waals surface area contributed by atoms with Crippen molar-refractivity contribution in [3.63, 3.8) is 0 Å². The van der Waals surface area contributed by atoms with Crippen LogP contribution in [0.4, 0.5) is 0 Å². The van der Waals surface area contributed by atoms with Crippen molar-refractivity contribution >= 4 is 0 Å². The van der Waals surface area contributed by atoms with Crippen LogP contribution in [-0.4, -0.2) is 61.1 Å². The van der Waals surface area contributed by atoms with E-state index in [0.717, 1.165) is 22.3 Å². The second-order valence-electron chi connectivity index (χ2n) is 11.9. The molecule has 262 valence electrons. The number of hydrogen-bond donors (Lipinski definition) is 2. The predicted octanol–water partition coefficient (Wildman–Crippen LogP) is 6.77. The molecule has 0 fully saturated rings. The monoisotopic (exact) mass is 678 g/mol. The number of benzene rings is 5. The van der Waals surface area contributed by atoms with Crippen LogP contribution in [0.2, 0.25) is 0 Å². The first-order valence-corrected chi connectivity index (χ1v) is 16.9. The quantitative estimate of drug-likeness (QED) is 0.0829. The van der Waals surface area contributed by atoms with Crippen molar-refractivity contribution in [2.45, 2.75) is 50.8 Å². The number of rotatable bonds is 22. The molecule has 0 aliphatic rings. The topological polar surface area (TPSA) is 95.8 Å². The molecule has 0 amide bonds. The van der Waals surface area contributed by atoms with E-state index >= 15 is 0 Å². The maximum atomic E-state index is 11.3. The highest BCUT2D eigenvalue weighted by atomic mass is 16.6. The van der Waals surface area contributed by atoms with Crippen LogP contribution in [0.1, 0.15) is 22.3 Å². The van der Waals surface area contributed by atoms with Gasteiger partial charge in [-0.15, -0.1) is 0 Å². The molecule has 0 aliphatic heterocycles. The van der Waals surface area contributed by atoms with Gasteiger partial charge >= 0.3 is 0 Å². The van der Waals surface area contributed by atoms with Crippen LogP contribution in [0.15, 0.2) is 146 Å². The van der Waals surface area contributed by atoms with Crippen LogP contribution in [-0.2, 0) is 45.4 Å². The number of ether oxygens (including phenoxy) is 6. The first-order chi connectivity index (χ1) is 24.6. The lowest BCUT2D eigenvalue weighted by Gasteiger charge is -2.28. The van der Waals surface area contributed by atoms with E-state index in [1.807, 2.05) is 133 Å². The van der Waals surface area contributed by atoms with Gasteiger partial charge in [0.25, 0.3) is 0 Å². The molecule has 5 aromatic rings. The second-order valence-corrected chi connectivity index (χ2v) is 11.9. The molecule has 4 atom stereocenters. The summed E-state index contributed by atoms with van der Waals surface area (Å²) in [6, 6.07) is 46.4. The molecule has 50 heavy (non-hydrogen) atoms. The molecule has 5 aromatic carbocycles. The van der Waals surface area contributed by atoms with Gasteiger partial charge in [0.2, 0.25) is 0 Å². The van der Waals surface area contributed by atoms with Gasteiger partial charge in [-0.3, -0.25) is 0 Å². The lowest BCUT2D eigenvalue weighted by molar-refractivity contribution is -0.0736. The number of aliphatic hydroxyl groups excluding tert-OH is 2. The SMILES string of the molecule is O[C@@H](COCc1ccccc1)[C@@H](COCc1ccccc1)Oc1ccccc1O[C@H](COCc1ccccc1)[C@@H](O)COCc1ccccc1. The summed E-state index contributed by atoms with van der Waals surface area (Å²) in [6.45, 7) is 1.67. The van der Waals surface area contributed by atoms with Crippen LogP contribution in [0, 0.1) is 0 Å². The Balaban J connectivity index is 1.26. The molecule has 0 aromatic heterocycles. The summed E-state index contributed by atoms with van der Waals surface area (Å²) >= 11 is 0. The predicted molar refractivity (Wildman–Crippen MR) is 192 cm³/mol. The Morgan fingerprint density at radius 1 is 0.340 bits per heavy atom. The van der Waals surface area contributed by atoms with Crippen molar-refractivity contribution in [1.82, 2.24) is 0 Å². The molecule has 8 nitrogen and oxygen atoms in total. The molecule has 2 N–H and O–H groups in total. The summed E-state index contributed by atoms with van der Waals surface area (Å²) < 4.78 is 36.6. The van der Waals surface area contributed by atoms with Crippen LogP contribution in [0.3, 0.4) is 0 Å². The zero-order chi connectivity index (χ0) is 34.6. The summed E-state index contributed by atoms with van der Waals surface area (Å²) in [5, 5.41) is 22.5. The summed E-state index contributed by atoms with van der Waals surface area (Å²) in [5.74, 6) is 0.766. The highest BCUT2D eigenvalue weighted by Crippen LogP contribution is 2.30. The van der Waals surface area contributed by atoms with Gasteiger partial charge in [-0.2, -0.15) is 0 Å². The Hall–Kier alpha value is -4.54. The minimum absolute atomic E-state index is 0.0324. The molecule has 0 radical (unpaired) electrons. The third-order valence-corrected chi connectivity index (χ3v) is 7.85. The van der Waals surface area contributed by atoms with Gasteiger partial charge in [-0.05, 0) is 34.4 Å². The first-order valence-electron chi connectivity index (χ1n) is 16.9. The number of para-hydroxylation sites is 2.